The van der Waals surface area contributed by atoms with Crippen LogP contribution in [0.15, 0.2) is 69.2 Å². The molecule has 0 aliphatic rings. The molecule has 0 amide bonds. The molecule has 2 heterocycles. The molecule has 0 saturated carbocycles. The van der Waals surface area contributed by atoms with Crippen LogP contribution in [0.2, 0.25) is 0 Å². The second kappa shape index (κ2) is 7.45. The van der Waals surface area contributed by atoms with Crippen molar-refractivity contribution in [2.75, 3.05) is 0 Å². The fourth-order valence-corrected chi connectivity index (χ4v) is 3.36. The van der Waals surface area contributed by atoms with Crippen molar-refractivity contribution in [2.45, 2.75) is 20.8 Å². The molecule has 0 radical (unpaired) electrons. The highest BCUT2D eigenvalue weighted by Gasteiger charge is 2.12. The number of rotatable bonds is 2. The quantitative estimate of drug-likeness (QED) is 0.422. The smallest absolute Gasteiger partial charge is 0.345 e. The summed E-state index contributed by atoms with van der Waals surface area (Å²) in [6.07, 6.45) is 0. The number of aromatic nitrogens is 1. The van der Waals surface area contributed by atoms with E-state index in [1.807, 2.05) is 80.7 Å². The van der Waals surface area contributed by atoms with Gasteiger partial charge in [-0.25, -0.2) is 9.78 Å². The number of hydrogen-bond acceptors (Lipinski definition) is 4. The minimum Gasteiger partial charge on any atom is -0.422 e. The van der Waals surface area contributed by atoms with E-state index in [1.165, 1.54) is 11.3 Å². The third-order valence-corrected chi connectivity index (χ3v) is 4.58. The van der Waals surface area contributed by atoms with E-state index in [4.69, 9.17) is 4.42 Å². The van der Waals surface area contributed by atoms with Crippen LogP contribution in [0, 0.1) is 6.92 Å². The average molecular weight is 349 g/mol. The molecule has 0 aliphatic heterocycles. The van der Waals surface area contributed by atoms with E-state index < -0.39 is 0 Å². The minimum atomic E-state index is -0.355. The van der Waals surface area contributed by atoms with Crippen molar-refractivity contribution in [2.24, 2.45) is 0 Å². The highest BCUT2D eigenvalue weighted by Crippen LogP contribution is 2.28. The first-order valence-electron chi connectivity index (χ1n) is 8.26. The molecule has 4 heteroatoms. The van der Waals surface area contributed by atoms with Gasteiger partial charge in [0, 0.05) is 16.3 Å². The Labute approximate surface area is 150 Å². The second-order valence-electron chi connectivity index (χ2n) is 5.39. The van der Waals surface area contributed by atoms with Crippen molar-refractivity contribution in [3.63, 3.8) is 0 Å². The molecular formula is C21H19NO2S. The monoisotopic (exact) mass is 349 g/mol. The number of aryl methyl sites for hydroxylation is 1. The number of nitrogens with zero attached hydrogens (tertiary/aromatic N) is 1. The van der Waals surface area contributed by atoms with E-state index in [0.29, 0.717) is 16.8 Å². The van der Waals surface area contributed by atoms with Crippen LogP contribution >= 0.6 is 11.3 Å². The van der Waals surface area contributed by atoms with Gasteiger partial charge in [0.25, 0.3) is 0 Å². The van der Waals surface area contributed by atoms with Crippen LogP contribution in [0.1, 0.15) is 19.4 Å². The second-order valence-corrected chi connectivity index (χ2v) is 6.25. The SMILES string of the molecule is CC.Cc1ccc2oc(=O)c(-c3csc(-c4ccccc4)n3)cc2c1. The van der Waals surface area contributed by atoms with Crippen LogP contribution in [0.25, 0.3) is 32.8 Å². The van der Waals surface area contributed by atoms with Gasteiger partial charge in [-0.3, -0.25) is 0 Å². The first-order chi connectivity index (χ1) is 12.2. The van der Waals surface area contributed by atoms with Crippen LogP contribution in [-0.4, -0.2) is 4.98 Å². The Hall–Kier alpha value is -2.72. The summed E-state index contributed by atoms with van der Waals surface area (Å²) in [7, 11) is 0. The van der Waals surface area contributed by atoms with Gasteiger partial charge >= 0.3 is 5.63 Å². The van der Waals surface area contributed by atoms with Crippen LogP contribution < -0.4 is 5.63 Å². The standard InChI is InChI=1S/C19H13NO2S.C2H6/c1-12-7-8-17-14(9-12)10-15(19(21)22-17)16-11-23-18(20-16)13-5-3-2-4-6-13;1-2/h2-11H,1H3;1-2H3. The molecule has 126 valence electrons. The third kappa shape index (κ3) is 3.54. The number of fused-ring (bicyclic) bond motifs is 1. The number of thiazole rings is 1. The first-order valence-corrected chi connectivity index (χ1v) is 9.14. The molecule has 0 saturated heterocycles. The summed E-state index contributed by atoms with van der Waals surface area (Å²) >= 11 is 1.52. The molecule has 0 spiro atoms. The van der Waals surface area contributed by atoms with Crippen LogP contribution in [0.5, 0.6) is 0 Å². The van der Waals surface area contributed by atoms with Crippen LogP contribution in [-0.2, 0) is 0 Å². The van der Waals surface area contributed by atoms with Crippen molar-refractivity contribution in [1.82, 2.24) is 4.98 Å². The van der Waals surface area contributed by atoms with Gasteiger partial charge in [-0.2, -0.15) is 0 Å². The van der Waals surface area contributed by atoms with Gasteiger partial charge in [-0.05, 0) is 25.1 Å². The highest BCUT2D eigenvalue weighted by molar-refractivity contribution is 7.13. The zero-order chi connectivity index (χ0) is 17.8. The van der Waals surface area contributed by atoms with Gasteiger partial charge in [0.1, 0.15) is 10.6 Å². The molecular weight excluding hydrogens is 330 g/mol. The van der Waals surface area contributed by atoms with E-state index in [-0.39, 0.29) is 5.63 Å². The van der Waals surface area contributed by atoms with Crippen molar-refractivity contribution >= 4 is 22.3 Å². The van der Waals surface area contributed by atoms with Gasteiger partial charge in [0.2, 0.25) is 0 Å². The summed E-state index contributed by atoms with van der Waals surface area (Å²) in [5, 5.41) is 3.70. The van der Waals surface area contributed by atoms with Crippen LogP contribution in [0.3, 0.4) is 0 Å². The minimum absolute atomic E-state index is 0.355. The summed E-state index contributed by atoms with van der Waals surface area (Å²) in [5.41, 5.74) is 3.58. The Balaban J connectivity index is 0.000000880. The molecule has 0 fully saturated rings. The predicted molar refractivity (Wildman–Crippen MR) is 105 cm³/mol. The van der Waals surface area contributed by atoms with E-state index in [1.54, 1.807) is 0 Å². The fourth-order valence-electron chi connectivity index (χ4n) is 2.53. The maximum atomic E-state index is 12.3. The van der Waals surface area contributed by atoms with Crippen molar-refractivity contribution in [3.8, 4) is 21.8 Å². The van der Waals surface area contributed by atoms with Gasteiger partial charge in [0.05, 0.1) is 11.3 Å². The molecule has 4 aromatic rings. The maximum absolute atomic E-state index is 12.3. The number of benzene rings is 2. The van der Waals surface area contributed by atoms with E-state index >= 15 is 0 Å². The molecule has 2 aromatic carbocycles. The van der Waals surface area contributed by atoms with Crippen molar-refractivity contribution in [3.05, 3.63) is 76.0 Å². The number of hydrogen-bond donors (Lipinski definition) is 0. The molecule has 4 rings (SSSR count). The molecule has 0 N–H and O–H groups in total. The average Bonchev–Trinajstić information content (AvgIpc) is 3.14. The topological polar surface area (TPSA) is 43.1 Å². The Morgan fingerprint density at radius 2 is 1.76 bits per heavy atom. The zero-order valence-corrected chi connectivity index (χ0v) is 15.3. The normalized spacial score (nSPS) is 10.4. The Bertz CT molecular complexity index is 1050. The lowest BCUT2D eigenvalue weighted by molar-refractivity contribution is 0.563. The summed E-state index contributed by atoms with van der Waals surface area (Å²) in [5.74, 6) is 0. The maximum Gasteiger partial charge on any atom is 0.345 e. The van der Waals surface area contributed by atoms with Gasteiger partial charge < -0.3 is 4.42 Å². The molecule has 0 aliphatic carbocycles. The van der Waals surface area contributed by atoms with Crippen molar-refractivity contribution < 1.29 is 4.42 Å². The lowest BCUT2D eigenvalue weighted by Crippen LogP contribution is -2.02. The lowest BCUT2D eigenvalue weighted by atomic mass is 10.1. The first kappa shape index (κ1) is 17.1. The Morgan fingerprint density at radius 3 is 2.52 bits per heavy atom. The molecule has 25 heavy (non-hydrogen) atoms. The Kier molecular flexibility index (Phi) is 5.10. The van der Waals surface area contributed by atoms with E-state index in [2.05, 4.69) is 4.98 Å². The summed E-state index contributed by atoms with van der Waals surface area (Å²) in [6.45, 7) is 6.01. The predicted octanol–water partition coefficient (Wildman–Crippen LogP) is 5.92. The third-order valence-electron chi connectivity index (χ3n) is 3.69. The van der Waals surface area contributed by atoms with Gasteiger partial charge in [-0.1, -0.05) is 55.8 Å². The fraction of sp³-hybridized carbons (Fsp3) is 0.143. The molecule has 3 nitrogen and oxygen atoms in total. The van der Waals surface area contributed by atoms with Crippen LogP contribution in [0.4, 0.5) is 0 Å². The molecule has 0 atom stereocenters. The zero-order valence-electron chi connectivity index (χ0n) is 14.4. The summed E-state index contributed by atoms with van der Waals surface area (Å²) in [4.78, 5) is 16.9. The van der Waals surface area contributed by atoms with Gasteiger partial charge in [0.15, 0.2) is 0 Å². The van der Waals surface area contributed by atoms with Crippen molar-refractivity contribution in [1.29, 1.82) is 0 Å². The summed E-state index contributed by atoms with van der Waals surface area (Å²) in [6, 6.07) is 17.6. The lowest BCUT2D eigenvalue weighted by Gasteiger charge is -2.01. The Morgan fingerprint density at radius 1 is 1.00 bits per heavy atom. The van der Waals surface area contributed by atoms with Gasteiger partial charge in [-0.15, -0.1) is 11.3 Å². The van der Waals surface area contributed by atoms with E-state index in [9.17, 15) is 4.79 Å². The molecule has 0 bridgehead atoms. The largest absolute Gasteiger partial charge is 0.422 e. The highest BCUT2D eigenvalue weighted by atomic mass is 32.1. The molecule has 2 aromatic heterocycles. The molecule has 0 unspecified atom stereocenters. The van der Waals surface area contributed by atoms with E-state index in [0.717, 1.165) is 21.5 Å². The summed E-state index contributed by atoms with van der Waals surface area (Å²) < 4.78 is 5.43.